The van der Waals surface area contributed by atoms with Crippen LogP contribution in [0.2, 0.25) is 0 Å². The van der Waals surface area contributed by atoms with E-state index in [9.17, 15) is 4.39 Å². The fourth-order valence-corrected chi connectivity index (χ4v) is 1.97. The Bertz CT molecular complexity index is 353. The first kappa shape index (κ1) is 10.4. The highest BCUT2D eigenvalue weighted by Crippen LogP contribution is 2.26. The van der Waals surface area contributed by atoms with Gasteiger partial charge in [-0.15, -0.1) is 0 Å². The molecule has 0 aliphatic heterocycles. The molecule has 0 heterocycles. The monoisotopic (exact) mass is 209 g/mol. The molecule has 0 saturated heterocycles. The average molecular weight is 209 g/mol. The number of halogens is 1. The standard InChI is InChI=1S/C12H16FNO/c1-8-3-2-4-11(12(8)13)15-10-6-5-9(14)7-10/h2-4,9-10H,5-7,14H2,1H3. The minimum absolute atomic E-state index is 0.0799. The third kappa shape index (κ3) is 2.29. The highest BCUT2D eigenvalue weighted by molar-refractivity contribution is 5.30. The maximum atomic E-state index is 13.6. The van der Waals surface area contributed by atoms with Gasteiger partial charge in [0.1, 0.15) is 6.10 Å². The zero-order valence-corrected chi connectivity index (χ0v) is 8.87. The summed E-state index contributed by atoms with van der Waals surface area (Å²) in [6.07, 6.45) is 2.80. The first-order valence-electron chi connectivity index (χ1n) is 5.34. The SMILES string of the molecule is Cc1cccc(OC2CCC(N)C2)c1F. The second kappa shape index (κ2) is 4.19. The number of hydrogen-bond donors (Lipinski definition) is 1. The Hall–Kier alpha value is -1.09. The summed E-state index contributed by atoms with van der Waals surface area (Å²) in [5.41, 5.74) is 6.39. The van der Waals surface area contributed by atoms with Crippen LogP contribution in [0.4, 0.5) is 4.39 Å². The van der Waals surface area contributed by atoms with Crippen molar-refractivity contribution < 1.29 is 9.13 Å². The highest BCUT2D eigenvalue weighted by Gasteiger charge is 2.24. The van der Waals surface area contributed by atoms with Gasteiger partial charge in [0, 0.05) is 6.04 Å². The summed E-state index contributed by atoms with van der Waals surface area (Å²) in [5, 5.41) is 0. The number of benzene rings is 1. The molecule has 1 aromatic rings. The van der Waals surface area contributed by atoms with E-state index in [1.54, 1.807) is 19.1 Å². The highest BCUT2D eigenvalue weighted by atomic mass is 19.1. The molecule has 0 aromatic heterocycles. The summed E-state index contributed by atoms with van der Waals surface area (Å²) in [7, 11) is 0. The molecule has 1 aliphatic carbocycles. The molecule has 2 N–H and O–H groups in total. The molecule has 2 nitrogen and oxygen atoms in total. The topological polar surface area (TPSA) is 35.2 Å². The van der Waals surface area contributed by atoms with Gasteiger partial charge in [-0.1, -0.05) is 12.1 Å². The lowest BCUT2D eigenvalue weighted by atomic mass is 10.2. The van der Waals surface area contributed by atoms with Gasteiger partial charge >= 0.3 is 0 Å². The van der Waals surface area contributed by atoms with Crippen molar-refractivity contribution >= 4 is 0 Å². The Kier molecular flexibility index (Phi) is 2.91. The van der Waals surface area contributed by atoms with Gasteiger partial charge in [-0.25, -0.2) is 4.39 Å². The van der Waals surface area contributed by atoms with Crippen LogP contribution in [-0.4, -0.2) is 12.1 Å². The molecule has 1 aliphatic rings. The van der Waals surface area contributed by atoms with Crippen molar-refractivity contribution in [3.05, 3.63) is 29.6 Å². The van der Waals surface area contributed by atoms with Crippen LogP contribution in [0.15, 0.2) is 18.2 Å². The zero-order valence-electron chi connectivity index (χ0n) is 8.87. The summed E-state index contributed by atoms with van der Waals surface area (Å²) in [4.78, 5) is 0. The van der Waals surface area contributed by atoms with Crippen molar-refractivity contribution in [1.82, 2.24) is 0 Å². The summed E-state index contributed by atoms with van der Waals surface area (Å²) >= 11 is 0. The molecule has 2 atom stereocenters. The van der Waals surface area contributed by atoms with Gasteiger partial charge in [0.05, 0.1) is 0 Å². The minimum Gasteiger partial charge on any atom is -0.487 e. The molecule has 0 spiro atoms. The van der Waals surface area contributed by atoms with Gasteiger partial charge < -0.3 is 10.5 Å². The molecule has 1 fully saturated rings. The van der Waals surface area contributed by atoms with Gasteiger partial charge in [-0.3, -0.25) is 0 Å². The molecule has 0 radical (unpaired) electrons. The third-order valence-corrected chi connectivity index (χ3v) is 2.88. The average Bonchev–Trinajstić information content (AvgIpc) is 2.59. The smallest absolute Gasteiger partial charge is 0.167 e. The minimum atomic E-state index is -0.252. The van der Waals surface area contributed by atoms with Crippen LogP contribution >= 0.6 is 0 Å². The van der Waals surface area contributed by atoms with E-state index < -0.39 is 0 Å². The third-order valence-electron chi connectivity index (χ3n) is 2.88. The van der Waals surface area contributed by atoms with Gasteiger partial charge in [0.2, 0.25) is 0 Å². The van der Waals surface area contributed by atoms with E-state index in [1.165, 1.54) is 0 Å². The Morgan fingerprint density at radius 2 is 2.20 bits per heavy atom. The largest absolute Gasteiger partial charge is 0.487 e. The summed E-state index contributed by atoms with van der Waals surface area (Å²) in [6.45, 7) is 1.74. The van der Waals surface area contributed by atoms with E-state index in [4.69, 9.17) is 10.5 Å². The first-order chi connectivity index (χ1) is 7.16. The molecule has 2 unspecified atom stereocenters. The number of hydrogen-bond acceptors (Lipinski definition) is 2. The van der Waals surface area contributed by atoms with Crippen LogP contribution in [0.1, 0.15) is 24.8 Å². The number of nitrogens with two attached hydrogens (primary N) is 1. The fourth-order valence-electron chi connectivity index (χ4n) is 1.97. The fraction of sp³-hybridized carbons (Fsp3) is 0.500. The van der Waals surface area contributed by atoms with E-state index in [0.29, 0.717) is 11.3 Å². The van der Waals surface area contributed by atoms with Gasteiger partial charge in [-0.2, -0.15) is 0 Å². The summed E-state index contributed by atoms with van der Waals surface area (Å²) in [6, 6.07) is 5.43. The van der Waals surface area contributed by atoms with E-state index in [1.807, 2.05) is 6.07 Å². The summed E-state index contributed by atoms with van der Waals surface area (Å²) in [5.74, 6) is 0.104. The Morgan fingerprint density at radius 1 is 1.40 bits per heavy atom. The lowest BCUT2D eigenvalue weighted by Gasteiger charge is -2.14. The van der Waals surface area contributed by atoms with Crippen LogP contribution in [0.5, 0.6) is 5.75 Å². The molecule has 82 valence electrons. The predicted molar refractivity (Wildman–Crippen MR) is 57.4 cm³/mol. The van der Waals surface area contributed by atoms with E-state index >= 15 is 0 Å². The van der Waals surface area contributed by atoms with Crippen molar-refractivity contribution in [3.8, 4) is 5.75 Å². The van der Waals surface area contributed by atoms with E-state index in [2.05, 4.69) is 0 Å². The molecule has 15 heavy (non-hydrogen) atoms. The van der Waals surface area contributed by atoms with Crippen LogP contribution in [0.25, 0.3) is 0 Å². The molecule has 1 aromatic carbocycles. The van der Waals surface area contributed by atoms with Gasteiger partial charge in [0.15, 0.2) is 11.6 Å². The van der Waals surface area contributed by atoms with Gasteiger partial charge in [-0.05, 0) is 37.8 Å². The van der Waals surface area contributed by atoms with Crippen LogP contribution in [0.3, 0.4) is 0 Å². The molecule has 0 bridgehead atoms. The van der Waals surface area contributed by atoms with E-state index in [0.717, 1.165) is 19.3 Å². The Balaban J connectivity index is 2.07. The van der Waals surface area contributed by atoms with Crippen molar-refractivity contribution in [2.24, 2.45) is 5.73 Å². The van der Waals surface area contributed by atoms with Crippen molar-refractivity contribution in [3.63, 3.8) is 0 Å². The molecule has 3 heteroatoms. The molecule has 1 saturated carbocycles. The van der Waals surface area contributed by atoms with Crippen LogP contribution in [0, 0.1) is 12.7 Å². The lowest BCUT2D eigenvalue weighted by Crippen LogP contribution is -2.19. The first-order valence-corrected chi connectivity index (χ1v) is 5.34. The quantitative estimate of drug-likeness (QED) is 0.811. The van der Waals surface area contributed by atoms with Crippen LogP contribution in [-0.2, 0) is 0 Å². The second-order valence-corrected chi connectivity index (χ2v) is 4.20. The predicted octanol–water partition coefficient (Wildman–Crippen LogP) is 2.39. The van der Waals surface area contributed by atoms with Gasteiger partial charge in [0.25, 0.3) is 0 Å². The number of rotatable bonds is 2. The van der Waals surface area contributed by atoms with Crippen molar-refractivity contribution in [2.45, 2.75) is 38.3 Å². The zero-order chi connectivity index (χ0) is 10.8. The van der Waals surface area contributed by atoms with Crippen molar-refractivity contribution in [1.29, 1.82) is 0 Å². The maximum Gasteiger partial charge on any atom is 0.167 e. The summed E-state index contributed by atoms with van der Waals surface area (Å²) < 4.78 is 19.2. The second-order valence-electron chi connectivity index (χ2n) is 4.20. The normalized spacial score (nSPS) is 25.5. The van der Waals surface area contributed by atoms with Crippen molar-refractivity contribution in [2.75, 3.05) is 0 Å². The Morgan fingerprint density at radius 3 is 2.87 bits per heavy atom. The molecular formula is C12H16FNO. The maximum absolute atomic E-state index is 13.6. The number of aryl methyl sites for hydroxylation is 1. The molecule has 0 amide bonds. The molecule has 2 rings (SSSR count). The molecular weight excluding hydrogens is 193 g/mol. The lowest BCUT2D eigenvalue weighted by molar-refractivity contribution is 0.199. The Labute approximate surface area is 89.2 Å². The van der Waals surface area contributed by atoms with Crippen LogP contribution < -0.4 is 10.5 Å². The number of ether oxygens (including phenoxy) is 1. The van der Waals surface area contributed by atoms with E-state index in [-0.39, 0.29) is 18.0 Å².